The topological polar surface area (TPSA) is 134 Å². The Morgan fingerprint density at radius 2 is 0.961 bits per heavy atom. The largest absolute Gasteiger partial charge is 0.472 e. The number of esters is 2. The maximum absolute atomic E-state index is 12.5. The molecule has 0 amide bonds. The summed E-state index contributed by atoms with van der Waals surface area (Å²) in [4.78, 5) is 34.5. The van der Waals surface area contributed by atoms with Gasteiger partial charge in [0.25, 0.3) is 0 Å². The second-order valence-electron chi connectivity index (χ2n) is 14.2. The highest BCUT2D eigenvalue weighted by atomic mass is 31.2. The van der Waals surface area contributed by atoms with E-state index in [1.807, 2.05) is 0 Å². The zero-order valence-electron chi connectivity index (χ0n) is 33.1. The number of hydrogen-bond acceptors (Lipinski definition) is 8. The van der Waals surface area contributed by atoms with Crippen molar-refractivity contribution >= 4 is 19.8 Å². The molecule has 302 valence electrons. The zero-order valence-corrected chi connectivity index (χ0v) is 34.0. The van der Waals surface area contributed by atoms with Gasteiger partial charge < -0.3 is 20.1 Å². The van der Waals surface area contributed by atoms with E-state index in [1.165, 1.54) is 128 Å². The van der Waals surface area contributed by atoms with Crippen molar-refractivity contribution in [2.75, 3.05) is 26.4 Å². The van der Waals surface area contributed by atoms with Crippen molar-refractivity contribution in [3.63, 3.8) is 0 Å². The highest BCUT2D eigenvalue weighted by Gasteiger charge is 2.26. The fourth-order valence-electron chi connectivity index (χ4n) is 5.98. The van der Waals surface area contributed by atoms with Gasteiger partial charge in [0.1, 0.15) is 6.61 Å². The lowest BCUT2D eigenvalue weighted by Gasteiger charge is -2.19. The van der Waals surface area contributed by atoms with Crippen molar-refractivity contribution in [3.05, 3.63) is 12.2 Å². The van der Waals surface area contributed by atoms with Gasteiger partial charge in [0.2, 0.25) is 0 Å². The van der Waals surface area contributed by atoms with Crippen LogP contribution in [0.4, 0.5) is 0 Å². The van der Waals surface area contributed by atoms with Crippen LogP contribution in [0, 0.1) is 0 Å². The van der Waals surface area contributed by atoms with Gasteiger partial charge in [-0.25, -0.2) is 4.57 Å². The fraction of sp³-hybridized carbons (Fsp3) is 0.902. The van der Waals surface area contributed by atoms with Gasteiger partial charge in [-0.15, -0.1) is 0 Å². The van der Waals surface area contributed by atoms with Gasteiger partial charge in [0, 0.05) is 19.4 Å². The number of phosphoric acid groups is 1. The van der Waals surface area contributed by atoms with E-state index in [0.29, 0.717) is 6.42 Å². The number of carbonyl (C=O) groups excluding carboxylic acids is 2. The van der Waals surface area contributed by atoms with Crippen molar-refractivity contribution in [1.29, 1.82) is 0 Å². The Labute approximate surface area is 313 Å². The summed E-state index contributed by atoms with van der Waals surface area (Å²) in [7, 11) is -4.36. The lowest BCUT2D eigenvalue weighted by Crippen LogP contribution is -2.29. The van der Waals surface area contributed by atoms with Crippen LogP contribution in [-0.4, -0.2) is 49.3 Å². The van der Waals surface area contributed by atoms with E-state index in [1.54, 1.807) is 0 Å². The van der Waals surface area contributed by atoms with Crippen LogP contribution in [-0.2, 0) is 32.7 Å². The third-order valence-electron chi connectivity index (χ3n) is 9.15. The first-order valence-corrected chi connectivity index (χ1v) is 22.7. The third kappa shape index (κ3) is 38.3. The number of carbonyl (C=O) groups is 2. The molecule has 0 aliphatic carbocycles. The molecule has 0 bridgehead atoms. The molecule has 2 unspecified atom stereocenters. The van der Waals surface area contributed by atoms with Crippen LogP contribution < -0.4 is 5.73 Å². The van der Waals surface area contributed by atoms with Gasteiger partial charge in [-0.3, -0.25) is 18.6 Å². The summed E-state index contributed by atoms with van der Waals surface area (Å²) in [5.41, 5.74) is 5.32. The van der Waals surface area contributed by atoms with E-state index in [2.05, 4.69) is 26.0 Å². The smallest absolute Gasteiger partial charge is 0.462 e. The van der Waals surface area contributed by atoms with E-state index >= 15 is 0 Å². The first-order valence-electron chi connectivity index (χ1n) is 21.2. The molecule has 0 fully saturated rings. The molecular weight excluding hydrogens is 665 g/mol. The van der Waals surface area contributed by atoms with Gasteiger partial charge in [0.15, 0.2) is 6.10 Å². The Kier molecular flexibility index (Phi) is 37.5. The molecule has 0 saturated heterocycles. The van der Waals surface area contributed by atoms with Crippen LogP contribution in [0.2, 0.25) is 0 Å². The maximum atomic E-state index is 12.5. The average molecular weight is 746 g/mol. The van der Waals surface area contributed by atoms with E-state index in [0.717, 1.165) is 44.9 Å². The standard InChI is InChI=1S/C41H80NO8P/c1-3-5-7-9-10-11-12-13-14-15-16-17-18-19-20-21-22-23-24-25-26-27-28-30-32-34-41(44)50-39(38-49-51(45,46)48-36-35-42)37-47-40(43)33-31-29-8-6-4-2/h15-16,39H,3-14,17-38,42H2,1-2H3,(H,45,46)/b16-15-. The lowest BCUT2D eigenvalue weighted by molar-refractivity contribution is -0.161. The van der Waals surface area contributed by atoms with E-state index in [4.69, 9.17) is 24.3 Å². The van der Waals surface area contributed by atoms with Gasteiger partial charge in [0.05, 0.1) is 13.2 Å². The average Bonchev–Trinajstić information content (AvgIpc) is 3.11. The Morgan fingerprint density at radius 3 is 1.39 bits per heavy atom. The second-order valence-corrected chi connectivity index (χ2v) is 15.7. The lowest BCUT2D eigenvalue weighted by atomic mass is 10.0. The SMILES string of the molecule is CCCCCCCCCC/C=C\CCCCCCCCCCCCCCCC(=O)OC(COC(=O)CCCCCCC)COP(=O)(O)OCCN. The number of allylic oxidation sites excluding steroid dienone is 2. The predicted octanol–water partition coefficient (Wildman–Crippen LogP) is 11.8. The third-order valence-corrected chi connectivity index (χ3v) is 10.1. The minimum Gasteiger partial charge on any atom is -0.462 e. The van der Waals surface area contributed by atoms with Crippen molar-refractivity contribution in [1.82, 2.24) is 0 Å². The molecule has 0 aliphatic heterocycles. The highest BCUT2D eigenvalue weighted by Crippen LogP contribution is 2.43. The molecule has 0 saturated carbocycles. The van der Waals surface area contributed by atoms with Crippen LogP contribution in [0.1, 0.15) is 206 Å². The minimum absolute atomic E-state index is 0.0558. The molecule has 9 nitrogen and oxygen atoms in total. The summed E-state index contributed by atoms with van der Waals surface area (Å²) in [6, 6.07) is 0. The number of rotatable bonds is 40. The minimum atomic E-state index is -4.36. The Morgan fingerprint density at radius 1 is 0.569 bits per heavy atom. The first-order chi connectivity index (χ1) is 24.8. The molecule has 2 atom stereocenters. The summed E-state index contributed by atoms with van der Waals surface area (Å²) in [5.74, 6) is -0.836. The number of nitrogens with two attached hydrogens (primary N) is 1. The molecule has 0 radical (unpaired) electrons. The van der Waals surface area contributed by atoms with Crippen LogP contribution in [0.3, 0.4) is 0 Å². The molecule has 3 N–H and O–H groups in total. The molecule has 10 heteroatoms. The van der Waals surface area contributed by atoms with Gasteiger partial charge in [-0.1, -0.05) is 167 Å². The van der Waals surface area contributed by atoms with Gasteiger partial charge in [-0.2, -0.15) is 0 Å². The van der Waals surface area contributed by atoms with E-state index in [-0.39, 0.29) is 32.6 Å². The Balaban J connectivity index is 3.86. The van der Waals surface area contributed by atoms with Crippen LogP contribution in [0.15, 0.2) is 12.2 Å². The van der Waals surface area contributed by atoms with Crippen molar-refractivity contribution in [2.24, 2.45) is 5.73 Å². The molecule has 0 aromatic heterocycles. The maximum Gasteiger partial charge on any atom is 0.472 e. The summed E-state index contributed by atoms with van der Waals surface area (Å²) in [6.07, 6.45) is 38.8. The number of phosphoric ester groups is 1. The quantitative estimate of drug-likeness (QED) is 0.0272. The normalized spacial score (nSPS) is 13.4. The number of ether oxygens (including phenoxy) is 2. The van der Waals surface area contributed by atoms with Crippen LogP contribution in [0.25, 0.3) is 0 Å². The Hall–Kier alpha value is -1.25. The molecule has 51 heavy (non-hydrogen) atoms. The van der Waals surface area contributed by atoms with Crippen molar-refractivity contribution in [2.45, 2.75) is 213 Å². The molecular formula is C41H80NO8P. The molecule has 0 aromatic rings. The molecule has 0 aromatic carbocycles. The predicted molar refractivity (Wildman–Crippen MR) is 211 cm³/mol. The summed E-state index contributed by atoms with van der Waals surface area (Å²) in [6.45, 7) is 3.65. The molecule has 0 spiro atoms. The Bertz CT molecular complexity index is 856. The number of unbranched alkanes of at least 4 members (excludes halogenated alkanes) is 25. The van der Waals surface area contributed by atoms with Crippen LogP contribution in [0.5, 0.6) is 0 Å². The number of hydrogen-bond donors (Lipinski definition) is 2. The monoisotopic (exact) mass is 746 g/mol. The highest BCUT2D eigenvalue weighted by molar-refractivity contribution is 7.47. The summed E-state index contributed by atoms with van der Waals surface area (Å²) in [5, 5.41) is 0. The second kappa shape index (κ2) is 38.5. The molecule has 0 aliphatic rings. The van der Waals surface area contributed by atoms with E-state index < -0.39 is 32.5 Å². The van der Waals surface area contributed by atoms with Crippen molar-refractivity contribution in [3.8, 4) is 0 Å². The molecule has 0 heterocycles. The van der Waals surface area contributed by atoms with Crippen LogP contribution >= 0.6 is 7.82 Å². The molecule has 0 rings (SSSR count). The van der Waals surface area contributed by atoms with Gasteiger partial charge in [-0.05, 0) is 38.5 Å². The summed E-state index contributed by atoms with van der Waals surface area (Å²) >= 11 is 0. The summed E-state index contributed by atoms with van der Waals surface area (Å²) < 4.78 is 32.5. The zero-order chi connectivity index (χ0) is 37.5. The van der Waals surface area contributed by atoms with Gasteiger partial charge >= 0.3 is 19.8 Å². The fourth-order valence-corrected chi connectivity index (χ4v) is 6.75. The first kappa shape index (κ1) is 49.8. The van der Waals surface area contributed by atoms with Crippen molar-refractivity contribution < 1.29 is 37.6 Å². The van der Waals surface area contributed by atoms with E-state index in [9.17, 15) is 19.0 Å².